The van der Waals surface area contributed by atoms with Crippen molar-refractivity contribution in [2.75, 3.05) is 0 Å². The summed E-state index contributed by atoms with van der Waals surface area (Å²) in [6.45, 7) is 0. The highest BCUT2D eigenvalue weighted by Crippen LogP contribution is 2.43. The number of rotatable bonds is 5. The molecule has 1 atom stereocenters. The van der Waals surface area contributed by atoms with Crippen LogP contribution >= 0.6 is 11.3 Å². The maximum atomic E-state index is 11.0. The van der Waals surface area contributed by atoms with Crippen molar-refractivity contribution >= 4 is 11.3 Å². The molecule has 1 aliphatic rings. The lowest BCUT2D eigenvalue weighted by atomic mass is 9.65. The Kier molecular flexibility index (Phi) is 4.77. The zero-order valence-electron chi connectivity index (χ0n) is 12.5. The lowest BCUT2D eigenvalue weighted by Crippen LogP contribution is -2.41. The third-order valence-electron chi connectivity index (χ3n) is 4.98. The number of hydrogen-bond acceptors (Lipinski definition) is 2. The van der Waals surface area contributed by atoms with E-state index >= 15 is 0 Å². The quantitative estimate of drug-likeness (QED) is 0.829. The van der Waals surface area contributed by atoms with Crippen molar-refractivity contribution in [2.45, 2.75) is 56.5 Å². The van der Waals surface area contributed by atoms with Crippen LogP contribution in [0.3, 0.4) is 0 Å². The minimum absolute atomic E-state index is 0.0171. The summed E-state index contributed by atoms with van der Waals surface area (Å²) in [6.07, 6.45) is 7.68. The molecule has 0 aliphatic heterocycles. The summed E-state index contributed by atoms with van der Waals surface area (Å²) in [7, 11) is 0. The van der Waals surface area contributed by atoms with Gasteiger partial charge in [-0.15, -0.1) is 11.3 Å². The minimum atomic E-state index is -0.234. The van der Waals surface area contributed by atoms with Gasteiger partial charge in [0, 0.05) is 10.3 Å². The molecule has 1 fully saturated rings. The molecule has 1 aromatic carbocycles. The van der Waals surface area contributed by atoms with E-state index < -0.39 is 0 Å². The molecular weight excluding hydrogens is 276 g/mol. The zero-order chi connectivity index (χ0) is 14.5. The molecule has 112 valence electrons. The third-order valence-corrected chi connectivity index (χ3v) is 5.91. The van der Waals surface area contributed by atoms with Crippen LogP contribution in [0.2, 0.25) is 0 Å². The number of hydrogen-bond donors (Lipinski definition) is 1. The van der Waals surface area contributed by atoms with E-state index in [1.165, 1.54) is 29.7 Å². The van der Waals surface area contributed by atoms with Gasteiger partial charge in [-0.05, 0) is 42.7 Å². The van der Waals surface area contributed by atoms with E-state index in [9.17, 15) is 5.11 Å². The normalized spacial score (nSPS) is 19.3. The van der Waals surface area contributed by atoms with E-state index in [0.29, 0.717) is 0 Å². The van der Waals surface area contributed by atoms with E-state index in [1.807, 2.05) is 0 Å². The molecular formula is C19H24OS. The van der Waals surface area contributed by atoms with Gasteiger partial charge in [-0.25, -0.2) is 0 Å². The molecule has 1 nitrogen and oxygen atoms in total. The van der Waals surface area contributed by atoms with Gasteiger partial charge in [-0.2, -0.15) is 0 Å². The van der Waals surface area contributed by atoms with Crippen LogP contribution in [-0.4, -0.2) is 11.2 Å². The summed E-state index contributed by atoms with van der Waals surface area (Å²) in [6, 6.07) is 15.0. The van der Waals surface area contributed by atoms with E-state index in [1.54, 1.807) is 11.3 Å². The Balaban J connectivity index is 1.78. The van der Waals surface area contributed by atoms with E-state index in [2.05, 4.69) is 47.8 Å². The van der Waals surface area contributed by atoms with E-state index in [-0.39, 0.29) is 11.5 Å². The van der Waals surface area contributed by atoms with Gasteiger partial charge in [0.25, 0.3) is 0 Å². The van der Waals surface area contributed by atoms with Gasteiger partial charge in [-0.3, -0.25) is 0 Å². The largest absolute Gasteiger partial charge is 0.392 e. The van der Waals surface area contributed by atoms with Gasteiger partial charge in [0.15, 0.2) is 0 Å². The smallest absolute Gasteiger partial charge is 0.0640 e. The average Bonchev–Trinajstić information content (AvgIpc) is 3.07. The molecule has 1 aromatic heterocycles. The van der Waals surface area contributed by atoms with Crippen molar-refractivity contribution in [1.82, 2.24) is 0 Å². The fourth-order valence-corrected chi connectivity index (χ4v) is 4.50. The predicted octanol–water partition coefficient (Wildman–Crippen LogP) is 4.94. The maximum Gasteiger partial charge on any atom is 0.0640 e. The zero-order valence-corrected chi connectivity index (χ0v) is 13.3. The van der Waals surface area contributed by atoms with Crippen LogP contribution in [0.4, 0.5) is 0 Å². The number of aryl methyl sites for hydroxylation is 1. The Morgan fingerprint density at radius 3 is 2.43 bits per heavy atom. The predicted molar refractivity (Wildman–Crippen MR) is 89.9 cm³/mol. The SMILES string of the molecule is OC(CCc1cccs1)C1(c2ccccc2)CCCCC1. The fraction of sp³-hybridized carbons (Fsp3) is 0.474. The molecule has 1 saturated carbocycles. The van der Waals surface area contributed by atoms with Crippen LogP contribution in [-0.2, 0) is 11.8 Å². The van der Waals surface area contributed by atoms with Crippen molar-refractivity contribution in [3.05, 3.63) is 58.3 Å². The van der Waals surface area contributed by atoms with E-state index in [4.69, 9.17) is 0 Å². The lowest BCUT2D eigenvalue weighted by molar-refractivity contribution is 0.0473. The van der Waals surface area contributed by atoms with Crippen LogP contribution in [0.5, 0.6) is 0 Å². The fourth-order valence-electron chi connectivity index (χ4n) is 3.78. The number of aliphatic hydroxyl groups is 1. The Morgan fingerprint density at radius 1 is 1.00 bits per heavy atom. The third kappa shape index (κ3) is 3.22. The summed E-state index contributed by atoms with van der Waals surface area (Å²) in [5, 5.41) is 13.1. The first-order valence-electron chi connectivity index (χ1n) is 8.07. The van der Waals surface area contributed by atoms with Crippen LogP contribution in [0.15, 0.2) is 47.8 Å². The Morgan fingerprint density at radius 2 is 1.76 bits per heavy atom. The van der Waals surface area contributed by atoms with Gasteiger partial charge in [0.05, 0.1) is 6.10 Å². The van der Waals surface area contributed by atoms with Crippen molar-refractivity contribution in [2.24, 2.45) is 0 Å². The van der Waals surface area contributed by atoms with Crippen LogP contribution < -0.4 is 0 Å². The average molecular weight is 300 g/mol. The van der Waals surface area contributed by atoms with Crippen molar-refractivity contribution in [3.63, 3.8) is 0 Å². The first kappa shape index (κ1) is 14.8. The van der Waals surface area contributed by atoms with Gasteiger partial charge in [0.1, 0.15) is 0 Å². The molecule has 1 N–H and O–H groups in total. The number of benzene rings is 1. The van der Waals surface area contributed by atoms with Crippen molar-refractivity contribution < 1.29 is 5.11 Å². The van der Waals surface area contributed by atoms with Gasteiger partial charge >= 0.3 is 0 Å². The highest BCUT2D eigenvalue weighted by atomic mass is 32.1. The number of thiophene rings is 1. The highest BCUT2D eigenvalue weighted by molar-refractivity contribution is 7.09. The second-order valence-electron chi connectivity index (χ2n) is 6.22. The topological polar surface area (TPSA) is 20.2 Å². The molecule has 3 rings (SSSR count). The molecule has 0 bridgehead atoms. The molecule has 2 heteroatoms. The molecule has 0 amide bonds. The molecule has 1 heterocycles. The summed E-state index contributed by atoms with van der Waals surface area (Å²) in [5.41, 5.74) is 1.32. The molecule has 1 unspecified atom stereocenters. The van der Waals surface area contributed by atoms with E-state index in [0.717, 1.165) is 25.7 Å². The monoisotopic (exact) mass is 300 g/mol. The molecule has 0 saturated heterocycles. The Labute approximate surface area is 131 Å². The first-order valence-corrected chi connectivity index (χ1v) is 8.95. The molecule has 21 heavy (non-hydrogen) atoms. The standard InChI is InChI=1S/C19H24OS/c20-18(12-11-17-10-7-15-21-17)19(13-5-2-6-14-19)16-8-3-1-4-9-16/h1,3-4,7-10,15,18,20H,2,5-6,11-14H2. The lowest BCUT2D eigenvalue weighted by Gasteiger charge is -2.42. The summed E-state index contributed by atoms with van der Waals surface area (Å²) >= 11 is 1.80. The summed E-state index contributed by atoms with van der Waals surface area (Å²) < 4.78 is 0. The maximum absolute atomic E-state index is 11.0. The van der Waals surface area contributed by atoms with Crippen LogP contribution in [0.1, 0.15) is 49.0 Å². The first-order chi connectivity index (χ1) is 10.3. The number of aliphatic hydroxyl groups excluding tert-OH is 1. The van der Waals surface area contributed by atoms with Gasteiger partial charge in [0.2, 0.25) is 0 Å². The van der Waals surface area contributed by atoms with Crippen molar-refractivity contribution in [3.8, 4) is 0 Å². The van der Waals surface area contributed by atoms with Gasteiger partial charge < -0.3 is 5.11 Å². The molecule has 0 spiro atoms. The Hall–Kier alpha value is -1.12. The summed E-state index contributed by atoms with van der Waals surface area (Å²) in [5.74, 6) is 0. The van der Waals surface area contributed by atoms with Crippen molar-refractivity contribution in [1.29, 1.82) is 0 Å². The molecule has 2 aromatic rings. The minimum Gasteiger partial charge on any atom is -0.392 e. The van der Waals surface area contributed by atoms with Gasteiger partial charge in [-0.1, -0.05) is 55.7 Å². The summed E-state index contributed by atoms with van der Waals surface area (Å²) in [4.78, 5) is 1.38. The van der Waals surface area contributed by atoms with Crippen LogP contribution in [0.25, 0.3) is 0 Å². The second kappa shape index (κ2) is 6.76. The highest BCUT2D eigenvalue weighted by Gasteiger charge is 2.40. The second-order valence-corrected chi connectivity index (χ2v) is 7.25. The molecule has 1 aliphatic carbocycles. The molecule has 0 radical (unpaired) electrons. The Bertz CT molecular complexity index is 526. The van der Waals surface area contributed by atoms with Crippen LogP contribution in [0, 0.1) is 0 Å².